The molecule has 6 nitrogen and oxygen atoms in total. The molecule has 0 saturated heterocycles. The number of anilines is 2. The average molecular weight is 448 g/mol. The summed E-state index contributed by atoms with van der Waals surface area (Å²) in [5.41, 5.74) is 7.30. The first-order chi connectivity index (χ1) is 15.6. The highest BCUT2D eigenvalue weighted by molar-refractivity contribution is 7.17. The highest BCUT2D eigenvalue weighted by Crippen LogP contribution is 2.34. The summed E-state index contributed by atoms with van der Waals surface area (Å²) in [6.07, 6.45) is 1.93. The first-order valence-electron chi connectivity index (χ1n) is 10.4. The lowest BCUT2D eigenvalue weighted by molar-refractivity contribution is -0.139. The van der Waals surface area contributed by atoms with Crippen molar-refractivity contribution in [1.29, 1.82) is 0 Å². The minimum absolute atomic E-state index is 0.166. The highest BCUT2D eigenvalue weighted by Gasteiger charge is 2.16. The van der Waals surface area contributed by atoms with Gasteiger partial charge in [0.1, 0.15) is 11.6 Å². The molecule has 164 valence electrons. The SMILES string of the molecule is Cc1c(Nc2csc3cc(CNC(CCO)C(=O)O)cnc23)cccc1-c1ccccc1. The summed E-state index contributed by atoms with van der Waals surface area (Å²) in [6, 6.07) is 17.8. The van der Waals surface area contributed by atoms with Crippen molar-refractivity contribution in [3.63, 3.8) is 0 Å². The van der Waals surface area contributed by atoms with Gasteiger partial charge in [-0.3, -0.25) is 9.78 Å². The molecule has 0 radical (unpaired) electrons. The predicted molar refractivity (Wildman–Crippen MR) is 129 cm³/mol. The number of benzene rings is 2. The topological polar surface area (TPSA) is 94.5 Å². The molecule has 2 aromatic heterocycles. The molecule has 1 unspecified atom stereocenters. The van der Waals surface area contributed by atoms with Crippen LogP contribution in [0.15, 0.2) is 66.2 Å². The number of nitrogens with one attached hydrogen (secondary N) is 2. The van der Waals surface area contributed by atoms with Crippen molar-refractivity contribution >= 4 is 38.9 Å². The number of carboxylic acid groups (broad SMARTS) is 1. The number of pyridine rings is 1. The van der Waals surface area contributed by atoms with Crippen LogP contribution in [0.2, 0.25) is 0 Å². The number of nitrogens with zero attached hydrogens (tertiary/aromatic N) is 1. The van der Waals surface area contributed by atoms with Crippen LogP contribution in [0.3, 0.4) is 0 Å². The van der Waals surface area contributed by atoms with Crippen LogP contribution in [-0.2, 0) is 11.3 Å². The van der Waals surface area contributed by atoms with Crippen LogP contribution >= 0.6 is 11.3 Å². The summed E-state index contributed by atoms with van der Waals surface area (Å²) in [5, 5.41) is 26.8. The van der Waals surface area contributed by atoms with Crippen LogP contribution in [0.4, 0.5) is 11.4 Å². The summed E-state index contributed by atoms with van der Waals surface area (Å²) in [7, 11) is 0. The number of hydrogen-bond acceptors (Lipinski definition) is 6. The number of fused-ring (bicyclic) bond motifs is 1. The summed E-state index contributed by atoms with van der Waals surface area (Å²) >= 11 is 1.60. The van der Waals surface area contributed by atoms with Crippen LogP contribution in [0, 0.1) is 6.92 Å². The number of thiophene rings is 1. The molecule has 0 aliphatic heterocycles. The molecule has 0 saturated carbocycles. The third kappa shape index (κ3) is 4.80. The van der Waals surface area contributed by atoms with Crippen LogP contribution in [0.25, 0.3) is 21.3 Å². The first-order valence-corrected chi connectivity index (χ1v) is 11.3. The maximum Gasteiger partial charge on any atom is 0.320 e. The summed E-state index contributed by atoms with van der Waals surface area (Å²) < 4.78 is 1.03. The quantitative estimate of drug-likeness (QED) is 0.290. The Kier molecular flexibility index (Phi) is 6.80. The largest absolute Gasteiger partial charge is 0.480 e. The van der Waals surface area contributed by atoms with Gasteiger partial charge in [-0.25, -0.2) is 0 Å². The minimum atomic E-state index is -0.969. The number of aliphatic carboxylic acids is 1. The van der Waals surface area contributed by atoms with E-state index >= 15 is 0 Å². The molecule has 0 aliphatic carbocycles. The Balaban J connectivity index is 1.54. The molecule has 1 atom stereocenters. The fraction of sp³-hybridized carbons (Fsp3) is 0.200. The molecule has 4 aromatic rings. The number of carboxylic acids is 1. The number of carbonyl (C=O) groups is 1. The van der Waals surface area contributed by atoms with Gasteiger partial charge in [-0.2, -0.15) is 0 Å². The van der Waals surface area contributed by atoms with E-state index in [1.165, 1.54) is 16.7 Å². The second-order valence-electron chi connectivity index (χ2n) is 7.59. The number of hydrogen-bond donors (Lipinski definition) is 4. The Morgan fingerprint density at radius 2 is 1.94 bits per heavy atom. The number of aromatic nitrogens is 1. The smallest absolute Gasteiger partial charge is 0.320 e. The van der Waals surface area contributed by atoms with Crippen LogP contribution < -0.4 is 10.6 Å². The van der Waals surface area contributed by atoms with Crippen molar-refractivity contribution in [3.8, 4) is 11.1 Å². The van der Waals surface area contributed by atoms with E-state index in [9.17, 15) is 9.90 Å². The van der Waals surface area contributed by atoms with Crippen molar-refractivity contribution < 1.29 is 15.0 Å². The molecule has 4 N–H and O–H groups in total. The van der Waals surface area contributed by atoms with E-state index in [2.05, 4.69) is 58.3 Å². The van der Waals surface area contributed by atoms with Crippen molar-refractivity contribution in [3.05, 3.63) is 77.3 Å². The Morgan fingerprint density at radius 1 is 1.12 bits per heavy atom. The highest BCUT2D eigenvalue weighted by atomic mass is 32.1. The molecule has 0 aliphatic rings. The van der Waals surface area contributed by atoms with Crippen LogP contribution in [0.1, 0.15) is 17.5 Å². The van der Waals surface area contributed by atoms with Gasteiger partial charge in [0, 0.05) is 30.4 Å². The zero-order valence-corrected chi connectivity index (χ0v) is 18.5. The second-order valence-corrected chi connectivity index (χ2v) is 8.50. The minimum Gasteiger partial charge on any atom is -0.480 e. The lowest BCUT2D eigenvalue weighted by Gasteiger charge is -2.14. The molecule has 2 heterocycles. The number of aliphatic hydroxyl groups is 1. The fourth-order valence-electron chi connectivity index (χ4n) is 3.67. The van der Waals surface area contributed by atoms with Crippen LogP contribution in [0.5, 0.6) is 0 Å². The fourth-order valence-corrected chi connectivity index (χ4v) is 4.58. The summed E-state index contributed by atoms with van der Waals surface area (Å²) in [6.45, 7) is 2.31. The second kappa shape index (κ2) is 9.91. The molecule has 7 heteroatoms. The van der Waals surface area contributed by atoms with Gasteiger partial charge in [-0.05, 0) is 47.7 Å². The Morgan fingerprint density at radius 3 is 2.69 bits per heavy atom. The first kappa shape index (κ1) is 22.0. The van der Waals surface area contributed by atoms with Crippen LogP contribution in [-0.4, -0.2) is 33.8 Å². The Hall–Kier alpha value is -3.26. The molecular formula is C25H25N3O3S. The van der Waals surface area contributed by atoms with Crippen molar-refractivity contribution in [2.45, 2.75) is 25.9 Å². The van der Waals surface area contributed by atoms with Gasteiger partial charge in [0.25, 0.3) is 0 Å². The molecule has 0 fully saturated rings. The van der Waals surface area contributed by atoms with Gasteiger partial charge in [0.2, 0.25) is 0 Å². The van der Waals surface area contributed by atoms with Gasteiger partial charge in [0.15, 0.2) is 0 Å². The third-order valence-corrected chi connectivity index (χ3v) is 6.34. The standard InChI is InChI=1S/C25H25N3O3S/c1-16-19(18-6-3-2-4-7-18)8-5-9-20(16)28-22-15-32-23-12-17(14-27-24(22)23)13-26-21(10-11-29)25(30)31/h2-9,12,14-15,21,26,28-29H,10-11,13H2,1H3,(H,30,31). The summed E-state index contributed by atoms with van der Waals surface area (Å²) in [5.74, 6) is -0.969. The maximum atomic E-state index is 11.2. The molecular weight excluding hydrogens is 422 g/mol. The van der Waals surface area contributed by atoms with Crippen molar-refractivity contribution in [2.75, 3.05) is 11.9 Å². The maximum absolute atomic E-state index is 11.2. The van der Waals surface area contributed by atoms with Gasteiger partial charge >= 0.3 is 5.97 Å². The van der Waals surface area contributed by atoms with Gasteiger partial charge in [-0.1, -0.05) is 42.5 Å². The van der Waals surface area contributed by atoms with E-state index < -0.39 is 12.0 Å². The van der Waals surface area contributed by atoms with Crippen molar-refractivity contribution in [1.82, 2.24) is 10.3 Å². The molecule has 0 spiro atoms. The Labute approximate surface area is 190 Å². The van der Waals surface area contributed by atoms with Gasteiger partial charge in [0.05, 0.1) is 10.4 Å². The van der Waals surface area contributed by atoms with E-state index in [0.717, 1.165) is 27.2 Å². The zero-order chi connectivity index (χ0) is 22.5. The molecule has 0 amide bonds. The molecule has 2 aromatic carbocycles. The molecule has 4 rings (SSSR count). The van der Waals surface area contributed by atoms with E-state index in [1.807, 2.05) is 24.3 Å². The number of aliphatic hydroxyl groups excluding tert-OH is 1. The number of rotatable bonds is 9. The lowest BCUT2D eigenvalue weighted by Crippen LogP contribution is -2.36. The lowest BCUT2D eigenvalue weighted by atomic mass is 9.99. The Bertz CT molecular complexity index is 1220. The normalized spacial score (nSPS) is 12.1. The van der Waals surface area contributed by atoms with E-state index in [4.69, 9.17) is 5.11 Å². The van der Waals surface area contributed by atoms with E-state index in [0.29, 0.717) is 6.54 Å². The predicted octanol–water partition coefficient (Wildman–Crippen LogP) is 4.94. The van der Waals surface area contributed by atoms with Gasteiger partial charge < -0.3 is 20.8 Å². The zero-order valence-electron chi connectivity index (χ0n) is 17.7. The van der Waals surface area contributed by atoms with E-state index in [-0.39, 0.29) is 13.0 Å². The van der Waals surface area contributed by atoms with E-state index in [1.54, 1.807) is 17.5 Å². The molecule has 0 bridgehead atoms. The third-order valence-electron chi connectivity index (χ3n) is 5.42. The van der Waals surface area contributed by atoms with Crippen molar-refractivity contribution in [2.24, 2.45) is 0 Å². The summed E-state index contributed by atoms with van der Waals surface area (Å²) in [4.78, 5) is 15.9. The molecule has 32 heavy (non-hydrogen) atoms. The average Bonchev–Trinajstić information content (AvgIpc) is 3.20. The van der Waals surface area contributed by atoms with Gasteiger partial charge in [-0.15, -0.1) is 11.3 Å². The monoisotopic (exact) mass is 447 g/mol.